The standard InChI is InChI=1S/C21H21ClN2O3S/c1-2-3-8-24-20(25)17-6-4-5-7-18(17)23-21(24)28-12-15-10-16(22)9-14-11-26-13-27-19(14)15/h4-7,9-10H,2-3,8,11-13H2,1H3. The zero-order chi connectivity index (χ0) is 19.5. The predicted octanol–water partition coefficient (Wildman–Crippen LogP) is 5.01. The predicted molar refractivity (Wildman–Crippen MR) is 112 cm³/mol. The van der Waals surface area contributed by atoms with Gasteiger partial charge in [0, 0.05) is 28.4 Å². The highest BCUT2D eigenvalue weighted by Gasteiger charge is 2.18. The van der Waals surface area contributed by atoms with Crippen LogP contribution in [-0.4, -0.2) is 16.3 Å². The quantitative estimate of drug-likeness (QED) is 0.417. The fourth-order valence-corrected chi connectivity index (χ4v) is 4.53. The summed E-state index contributed by atoms with van der Waals surface area (Å²) in [5.41, 5.74) is 2.67. The lowest BCUT2D eigenvalue weighted by atomic mass is 10.1. The van der Waals surface area contributed by atoms with Crippen molar-refractivity contribution in [2.75, 3.05) is 6.79 Å². The number of fused-ring (bicyclic) bond motifs is 2. The number of rotatable bonds is 6. The molecule has 0 saturated heterocycles. The number of benzene rings is 2. The molecule has 0 N–H and O–H groups in total. The van der Waals surface area contributed by atoms with Crippen molar-refractivity contribution in [3.63, 3.8) is 0 Å². The number of aromatic nitrogens is 2. The van der Waals surface area contributed by atoms with E-state index in [9.17, 15) is 4.79 Å². The summed E-state index contributed by atoms with van der Waals surface area (Å²) in [6.45, 7) is 3.50. The summed E-state index contributed by atoms with van der Waals surface area (Å²) in [4.78, 5) is 17.8. The first kappa shape index (κ1) is 19.3. The molecule has 1 aromatic heterocycles. The molecular formula is C21H21ClN2O3S. The fraction of sp³-hybridized carbons (Fsp3) is 0.333. The first-order chi connectivity index (χ1) is 13.7. The molecule has 0 unspecified atom stereocenters. The highest BCUT2D eigenvalue weighted by molar-refractivity contribution is 7.98. The van der Waals surface area contributed by atoms with Gasteiger partial charge in [0.2, 0.25) is 0 Å². The molecule has 146 valence electrons. The fourth-order valence-electron chi connectivity index (χ4n) is 3.28. The average molecular weight is 417 g/mol. The SMILES string of the molecule is CCCCn1c(SCc2cc(Cl)cc3c2OCOC3)nc2ccccc2c1=O. The van der Waals surface area contributed by atoms with E-state index in [1.807, 2.05) is 36.4 Å². The van der Waals surface area contributed by atoms with Crippen molar-refractivity contribution in [3.05, 3.63) is 62.9 Å². The van der Waals surface area contributed by atoms with E-state index < -0.39 is 0 Å². The van der Waals surface area contributed by atoms with E-state index in [0.29, 0.717) is 29.3 Å². The Kier molecular flexibility index (Phi) is 5.90. The van der Waals surface area contributed by atoms with Crippen molar-refractivity contribution in [1.29, 1.82) is 0 Å². The minimum absolute atomic E-state index is 0.0133. The van der Waals surface area contributed by atoms with Gasteiger partial charge in [-0.1, -0.05) is 48.8 Å². The van der Waals surface area contributed by atoms with Crippen LogP contribution in [-0.2, 0) is 23.6 Å². The van der Waals surface area contributed by atoms with Crippen molar-refractivity contribution in [2.45, 2.75) is 43.8 Å². The molecule has 0 spiro atoms. The Morgan fingerprint density at radius 3 is 3.00 bits per heavy atom. The van der Waals surface area contributed by atoms with Crippen LogP contribution in [0.1, 0.15) is 30.9 Å². The third-order valence-electron chi connectivity index (χ3n) is 4.67. The Balaban J connectivity index is 1.70. The van der Waals surface area contributed by atoms with Crippen molar-refractivity contribution in [1.82, 2.24) is 9.55 Å². The number of hydrogen-bond donors (Lipinski definition) is 0. The zero-order valence-corrected chi connectivity index (χ0v) is 17.2. The van der Waals surface area contributed by atoms with Gasteiger partial charge in [-0.3, -0.25) is 9.36 Å². The van der Waals surface area contributed by atoms with Crippen molar-refractivity contribution in [2.24, 2.45) is 0 Å². The third kappa shape index (κ3) is 3.90. The molecular weight excluding hydrogens is 396 g/mol. The van der Waals surface area contributed by atoms with E-state index in [4.69, 9.17) is 26.1 Å². The van der Waals surface area contributed by atoms with Gasteiger partial charge < -0.3 is 9.47 Å². The van der Waals surface area contributed by atoms with Crippen LogP contribution >= 0.6 is 23.4 Å². The molecule has 1 aliphatic heterocycles. The summed E-state index contributed by atoms with van der Waals surface area (Å²) >= 11 is 7.81. The molecule has 4 rings (SSSR count). The zero-order valence-electron chi connectivity index (χ0n) is 15.6. The molecule has 28 heavy (non-hydrogen) atoms. The summed E-state index contributed by atoms with van der Waals surface area (Å²) < 4.78 is 12.8. The van der Waals surface area contributed by atoms with Gasteiger partial charge >= 0.3 is 0 Å². The second-order valence-corrected chi connectivity index (χ2v) is 8.05. The molecule has 0 fully saturated rings. The molecule has 3 aromatic rings. The molecule has 2 aromatic carbocycles. The monoisotopic (exact) mass is 416 g/mol. The summed E-state index contributed by atoms with van der Waals surface area (Å²) in [6.07, 6.45) is 1.94. The van der Waals surface area contributed by atoms with E-state index in [0.717, 1.165) is 40.4 Å². The van der Waals surface area contributed by atoms with E-state index in [1.54, 1.807) is 4.57 Å². The molecule has 0 atom stereocenters. The van der Waals surface area contributed by atoms with Crippen LogP contribution in [0.4, 0.5) is 0 Å². The molecule has 0 amide bonds. The van der Waals surface area contributed by atoms with Crippen LogP contribution in [0.25, 0.3) is 10.9 Å². The minimum Gasteiger partial charge on any atom is -0.467 e. The summed E-state index contributed by atoms with van der Waals surface area (Å²) in [7, 11) is 0. The number of unbranched alkanes of at least 4 members (excludes halogenated alkanes) is 1. The molecule has 5 nitrogen and oxygen atoms in total. The maximum Gasteiger partial charge on any atom is 0.262 e. The first-order valence-electron chi connectivity index (χ1n) is 9.31. The Morgan fingerprint density at radius 2 is 2.14 bits per heavy atom. The van der Waals surface area contributed by atoms with Crippen LogP contribution in [0.3, 0.4) is 0 Å². The lowest BCUT2D eigenvalue weighted by molar-refractivity contribution is -0.0168. The Hall–Kier alpha value is -2.02. The Morgan fingerprint density at radius 1 is 1.29 bits per heavy atom. The highest BCUT2D eigenvalue weighted by atomic mass is 35.5. The molecule has 1 aliphatic rings. The number of ether oxygens (including phenoxy) is 2. The number of thioether (sulfide) groups is 1. The van der Waals surface area contributed by atoms with E-state index in [-0.39, 0.29) is 12.4 Å². The lowest BCUT2D eigenvalue weighted by Crippen LogP contribution is -2.23. The third-order valence-corrected chi connectivity index (χ3v) is 5.91. The van der Waals surface area contributed by atoms with Crippen molar-refractivity contribution >= 4 is 34.3 Å². The molecule has 0 radical (unpaired) electrons. The van der Waals surface area contributed by atoms with Gasteiger partial charge in [0.05, 0.1) is 17.5 Å². The number of nitrogens with zero attached hydrogens (tertiary/aromatic N) is 2. The molecule has 7 heteroatoms. The van der Waals surface area contributed by atoms with Gasteiger partial charge in [-0.05, 0) is 30.7 Å². The Labute approximate surface area is 172 Å². The van der Waals surface area contributed by atoms with E-state index in [2.05, 4.69) is 6.92 Å². The minimum atomic E-state index is 0.0133. The molecule has 2 heterocycles. The highest BCUT2D eigenvalue weighted by Crippen LogP contribution is 2.35. The number of halogens is 1. The second kappa shape index (κ2) is 8.55. The van der Waals surface area contributed by atoms with Crippen LogP contribution < -0.4 is 10.3 Å². The van der Waals surface area contributed by atoms with Crippen LogP contribution in [0.5, 0.6) is 5.75 Å². The normalized spacial score (nSPS) is 13.4. The van der Waals surface area contributed by atoms with Crippen LogP contribution in [0.2, 0.25) is 5.02 Å². The summed E-state index contributed by atoms with van der Waals surface area (Å²) in [5, 5.41) is 2.03. The van der Waals surface area contributed by atoms with Gasteiger partial charge in [0.25, 0.3) is 5.56 Å². The molecule has 0 bridgehead atoms. The van der Waals surface area contributed by atoms with Gasteiger partial charge in [-0.2, -0.15) is 0 Å². The maximum absolute atomic E-state index is 13.0. The number of para-hydroxylation sites is 1. The van der Waals surface area contributed by atoms with Gasteiger partial charge in [-0.15, -0.1) is 0 Å². The molecule has 0 aliphatic carbocycles. The number of hydrogen-bond acceptors (Lipinski definition) is 5. The summed E-state index contributed by atoms with van der Waals surface area (Å²) in [5.74, 6) is 1.44. The van der Waals surface area contributed by atoms with Crippen LogP contribution in [0.15, 0.2) is 46.3 Å². The average Bonchev–Trinajstić information content (AvgIpc) is 2.71. The van der Waals surface area contributed by atoms with E-state index >= 15 is 0 Å². The summed E-state index contributed by atoms with van der Waals surface area (Å²) in [6, 6.07) is 11.3. The van der Waals surface area contributed by atoms with Crippen molar-refractivity contribution in [3.8, 4) is 5.75 Å². The maximum atomic E-state index is 13.0. The lowest BCUT2D eigenvalue weighted by Gasteiger charge is -2.21. The van der Waals surface area contributed by atoms with Crippen molar-refractivity contribution < 1.29 is 9.47 Å². The molecule has 0 saturated carbocycles. The second-order valence-electron chi connectivity index (χ2n) is 6.67. The first-order valence-corrected chi connectivity index (χ1v) is 10.7. The smallest absolute Gasteiger partial charge is 0.262 e. The van der Waals surface area contributed by atoms with E-state index in [1.165, 1.54) is 11.8 Å². The van der Waals surface area contributed by atoms with Gasteiger partial charge in [0.1, 0.15) is 5.75 Å². The van der Waals surface area contributed by atoms with Gasteiger partial charge in [-0.25, -0.2) is 4.98 Å². The topological polar surface area (TPSA) is 53.4 Å². The Bertz CT molecular complexity index is 1070. The largest absolute Gasteiger partial charge is 0.467 e. The van der Waals surface area contributed by atoms with Crippen LogP contribution in [0, 0.1) is 0 Å². The van der Waals surface area contributed by atoms with Gasteiger partial charge in [0.15, 0.2) is 11.9 Å².